The molecular formula is C25H44N2O3. The first-order valence-electron chi connectivity index (χ1n) is 11.5. The number of hydrogen-bond donors (Lipinski definition) is 1. The van der Waals surface area contributed by atoms with Gasteiger partial charge < -0.3 is 19.5 Å². The molecule has 0 saturated carbocycles. The van der Waals surface area contributed by atoms with Gasteiger partial charge in [0.05, 0.1) is 19.3 Å². The zero-order valence-electron chi connectivity index (χ0n) is 20.1. The molecule has 1 heterocycles. The summed E-state index contributed by atoms with van der Waals surface area (Å²) in [4.78, 5) is 4.76. The van der Waals surface area contributed by atoms with Gasteiger partial charge in [-0.2, -0.15) is 0 Å². The number of aliphatic hydroxyl groups excluding tert-OH is 1. The second-order valence-electron chi connectivity index (χ2n) is 10.5. The Morgan fingerprint density at radius 2 is 1.53 bits per heavy atom. The van der Waals surface area contributed by atoms with Crippen molar-refractivity contribution in [3.05, 3.63) is 29.8 Å². The summed E-state index contributed by atoms with van der Waals surface area (Å²) in [5.74, 6) is 0.864. The topological polar surface area (TPSA) is 45.2 Å². The second-order valence-corrected chi connectivity index (χ2v) is 10.5. The molecule has 0 amide bonds. The lowest BCUT2D eigenvalue weighted by atomic mass is 9.72. The van der Waals surface area contributed by atoms with Crippen molar-refractivity contribution in [1.82, 2.24) is 9.80 Å². The Hall–Kier alpha value is -1.14. The van der Waals surface area contributed by atoms with Crippen LogP contribution in [0.15, 0.2) is 24.3 Å². The van der Waals surface area contributed by atoms with Gasteiger partial charge in [-0.25, -0.2) is 0 Å². The molecule has 1 aliphatic rings. The van der Waals surface area contributed by atoms with Crippen LogP contribution in [0.1, 0.15) is 53.5 Å². The lowest BCUT2D eigenvalue weighted by Crippen LogP contribution is -2.48. The van der Waals surface area contributed by atoms with Gasteiger partial charge in [0.15, 0.2) is 0 Å². The quantitative estimate of drug-likeness (QED) is 0.552. The Morgan fingerprint density at radius 1 is 0.933 bits per heavy atom. The van der Waals surface area contributed by atoms with Gasteiger partial charge in [0.25, 0.3) is 0 Å². The normalized spacial score (nSPS) is 17.8. The van der Waals surface area contributed by atoms with Crippen LogP contribution in [0.3, 0.4) is 0 Å². The first kappa shape index (κ1) is 25.1. The Morgan fingerprint density at radius 3 is 2.10 bits per heavy atom. The molecule has 1 aromatic carbocycles. The number of piperazine rings is 1. The van der Waals surface area contributed by atoms with Gasteiger partial charge in [-0.15, -0.1) is 0 Å². The fourth-order valence-electron chi connectivity index (χ4n) is 4.51. The van der Waals surface area contributed by atoms with Crippen LogP contribution in [0.25, 0.3) is 0 Å². The number of likely N-dealkylation sites (N-methyl/N-ethyl adjacent to an activating group) is 1. The van der Waals surface area contributed by atoms with E-state index >= 15 is 0 Å². The molecule has 1 atom stereocenters. The zero-order valence-corrected chi connectivity index (χ0v) is 20.1. The average Bonchev–Trinajstić information content (AvgIpc) is 2.67. The van der Waals surface area contributed by atoms with E-state index in [1.54, 1.807) is 0 Å². The van der Waals surface area contributed by atoms with Crippen LogP contribution in [0.2, 0.25) is 0 Å². The van der Waals surface area contributed by atoms with Crippen molar-refractivity contribution in [2.24, 2.45) is 5.41 Å². The maximum Gasteiger partial charge on any atom is 0.119 e. The predicted octanol–water partition coefficient (Wildman–Crippen LogP) is 3.79. The van der Waals surface area contributed by atoms with E-state index in [9.17, 15) is 5.11 Å². The van der Waals surface area contributed by atoms with Crippen molar-refractivity contribution < 1.29 is 14.6 Å². The largest absolute Gasteiger partial charge is 0.491 e. The molecule has 30 heavy (non-hydrogen) atoms. The average molecular weight is 421 g/mol. The minimum absolute atomic E-state index is 0.138. The van der Waals surface area contributed by atoms with Crippen LogP contribution in [-0.4, -0.2) is 80.1 Å². The molecule has 0 aromatic heterocycles. The SMILES string of the molecule is CCN1CCN(C[C@@H](O)COCCOc2ccc(C(C)(C)CC(C)(C)C)cc2)CC1. The van der Waals surface area contributed by atoms with E-state index in [4.69, 9.17) is 9.47 Å². The molecule has 2 rings (SSSR count). The highest BCUT2D eigenvalue weighted by atomic mass is 16.5. The first-order valence-corrected chi connectivity index (χ1v) is 11.5. The van der Waals surface area contributed by atoms with E-state index in [2.05, 4.69) is 63.5 Å². The van der Waals surface area contributed by atoms with Crippen LogP contribution >= 0.6 is 0 Å². The lowest BCUT2D eigenvalue weighted by Gasteiger charge is -2.34. The van der Waals surface area contributed by atoms with Gasteiger partial charge in [-0.3, -0.25) is 4.90 Å². The predicted molar refractivity (Wildman–Crippen MR) is 124 cm³/mol. The van der Waals surface area contributed by atoms with E-state index in [-0.39, 0.29) is 5.41 Å². The first-order chi connectivity index (χ1) is 14.1. The number of ether oxygens (including phenoxy) is 2. The maximum absolute atomic E-state index is 10.2. The molecule has 1 aliphatic heterocycles. The van der Waals surface area contributed by atoms with Gasteiger partial charge in [-0.05, 0) is 41.5 Å². The van der Waals surface area contributed by atoms with Crippen LogP contribution in [0.4, 0.5) is 0 Å². The summed E-state index contributed by atoms with van der Waals surface area (Å²) in [6, 6.07) is 8.43. The number of hydrogen-bond acceptors (Lipinski definition) is 5. The number of β-amino-alcohol motifs (C(OH)–C–C–N with tert-alkyl or cyclic N) is 1. The monoisotopic (exact) mass is 420 g/mol. The summed E-state index contributed by atoms with van der Waals surface area (Å²) in [6.07, 6.45) is 0.687. The third-order valence-electron chi connectivity index (χ3n) is 5.80. The van der Waals surface area contributed by atoms with E-state index < -0.39 is 6.10 Å². The minimum Gasteiger partial charge on any atom is -0.491 e. The minimum atomic E-state index is -0.442. The number of aliphatic hydroxyl groups is 1. The molecule has 1 N–H and O–H groups in total. The summed E-state index contributed by atoms with van der Waals surface area (Å²) in [6.45, 7) is 21.0. The van der Waals surface area contributed by atoms with Crippen molar-refractivity contribution in [2.45, 2.75) is 59.5 Å². The third-order valence-corrected chi connectivity index (χ3v) is 5.80. The molecule has 0 bridgehead atoms. The third kappa shape index (κ3) is 8.93. The van der Waals surface area contributed by atoms with Crippen LogP contribution < -0.4 is 4.74 Å². The van der Waals surface area contributed by atoms with Gasteiger partial charge in [-0.1, -0.05) is 53.7 Å². The highest BCUT2D eigenvalue weighted by Crippen LogP contribution is 2.36. The zero-order chi connectivity index (χ0) is 22.2. The van der Waals surface area contributed by atoms with Crippen molar-refractivity contribution in [3.63, 3.8) is 0 Å². The number of benzene rings is 1. The van der Waals surface area contributed by atoms with Crippen LogP contribution in [0.5, 0.6) is 5.75 Å². The maximum atomic E-state index is 10.2. The highest BCUT2D eigenvalue weighted by molar-refractivity contribution is 5.31. The molecule has 0 aliphatic carbocycles. The van der Waals surface area contributed by atoms with E-state index in [1.807, 2.05) is 12.1 Å². The molecule has 0 unspecified atom stereocenters. The molecule has 1 aromatic rings. The van der Waals surface area contributed by atoms with Gasteiger partial charge in [0, 0.05) is 32.7 Å². The Labute approximate surface area is 184 Å². The van der Waals surface area contributed by atoms with Crippen molar-refractivity contribution in [1.29, 1.82) is 0 Å². The van der Waals surface area contributed by atoms with Crippen LogP contribution in [0, 0.1) is 5.41 Å². The van der Waals surface area contributed by atoms with Crippen LogP contribution in [-0.2, 0) is 10.2 Å². The highest BCUT2D eigenvalue weighted by Gasteiger charge is 2.27. The standard InChI is InChI=1S/C25H44N2O3/c1-7-26-12-14-27(15-13-26)18-22(28)19-29-16-17-30-23-10-8-21(9-11-23)25(5,6)20-24(2,3)4/h8-11,22,28H,7,12-20H2,1-6H3/t22-/m1/s1. The molecule has 1 fully saturated rings. The van der Waals surface area contributed by atoms with Crippen molar-refractivity contribution in [3.8, 4) is 5.75 Å². The molecule has 5 nitrogen and oxygen atoms in total. The Balaban J connectivity index is 1.62. The molecule has 0 spiro atoms. The molecule has 172 valence electrons. The summed E-state index contributed by atoms with van der Waals surface area (Å²) in [5, 5.41) is 10.2. The summed E-state index contributed by atoms with van der Waals surface area (Å²) in [5.41, 5.74) is 1.77. The number of rotatable bonds is 11. The van der Waals surface area contributed by atoms with Gasteiger partial charge in [0.1, 0.15) is 12.4 Å². The Kier molecular flexibility index (Phi) is 9.61. The van der Waals surface area contributed by atoms with E-state index in [0.717, 1.165) is 44.9 Å². The summed E-state index contributed by atoms with van der Waals surface area (Å²) >= 11 is 0. The fourth-order valence-corrected chi connectivity index (χ4v) is 4.51. The Bertz CT molecular complexity index is 602. The molecule has 5 heteroatoms. The van der Waals surface area contributed by atoms with Gasteiger partial charge in [0.2, 0.25) is 0 Å². The summed E-state index contributed by atoms with van der Waals surface area (Å²) in [7, 11) is 0. The lowest BCUT2D eigenvalue weighted by molar-refractivity contribution is 0.000389. The molecule has 1 saturated heterocycles. The van der Waals surface area contributed by atoms with E-state index in [1.165, 1.54) is 5.56 Å². The fraction of sp³-hybridized carbons (Fsp3) is 0.760. The van der Waals surface area contributed by atoms with E-state index in [0.29, 0.717) is 31.8 Å². The number of nitrogens with zero attached hydrogens (tertiary/aromatic N) is 2. The molecule has 0 radical (unpaired) electrons. The summed E-state index contributed by atoms with van der Waals surface area (Å²) < 4.78 is 11.4. The van der Waals surface area contributed by atoms with Crippen molar-refractivity contribution >= 4 is 0 Å². The van der Waals surface area contributed by atoms with Crippen molar-refractivity contribution in [2.75, 3.05) is 59.1 Å². The van der Waals surface area contributed by atoms with Gasteiger partial charge >= 0.3 is 0 Å². The molecular weight excluding hydrogens is 376 g/mol. The smallest absolute Gasteiger partial charge is 0.119 e. The second kappa shape index (κ2) is 11.5.